The van der Waals surface area contributed by atoms with Gasteiger partial charge in [0.15, 0.2) is 0 Å². The maximum atomic E-state index is 9.55. The Labute approximate surface area is 110 Å². The lowest BCUT2D eigenvalue weighted by molar-refractivity contribution is 0.0589. The van der Waals surface area contributed by atoms with Crippen LogP contribution < -0.4 is 5.32 Å². The van der Waals surface area contributed by atoms with Crippen LogP contribution in [0.3, 0.4) is 0 Å². The van der Waals surface area contributed by atoms with Gasteiger partial charge in [0.05, 0.1) is 12.7 Å². The molecule has 0 aliphatic carbocycles. The lowest BCUT2D eigenvalue weighted by Gasteiger charge is -2.22. The monoisotopic (exact) mass is 251 g/mol. The zero-order valence-electron chi connectivity index (χ0n) is 11.6. The number of ether oxygens (including phenoxy) is 1. The molecule has 0 saturated heterocycles. The van der Waals surface area contributed by atoms with Gasteiger partial charge < -0.3 is 15.2 Å². The average Bonchev–Trinajstić information content (AvgIpc) is 2.39. The molecule has 0 saturated carbocycles. The predicted octanol–water partition coefficient (Wildman–Crippen LogP) is 2.17. The SMILES string of the molecule is COCC(O)CCNC(C)C(C)c1ccccc1. The Kier molecular flexibility index (Phi) is 6.94. The van der Waals surface area contributed by atoms with Gasteiger partial charge >= 0.3 is 0 Å². The average molecular weight is 251 g/mol. The fourth-order valence-corrected chi connectivity index (χ4v) is 1.98. The van der Waals surface area contributed by atoms with E-state index in [4.69, 9.17) is 4.74 Å². The van der Waals surface area contributed by atoms with Crippen molar-refractivity contribution in [3.63, 3.8) is 0 Å². The molecular weight excluding hydrogens is 226 g/mol. The summed E-state index contributed by atoms with van der Waals surface area (Å²) in [5, 5.41) is 13.0. The van der Waals surface area contributed by atoms with E-state index in [1.165, 1.54) is 5.56 Å². The first-order chi connectivity index (χ1) is 8.65. The fraction of sp³-hybridized carbons (Fsp3) is 0.600. The van der Waals surface area contributed by atoms with Crippen molar-refractivity contribution in [1.82, 2.24) is 5.32 Å². The first-order valence-corrected chi connectivity index (χ1v) is 6.60. The van der Waals surface area contributed by atoms with Crippen LogP contribution in [0.4, 0.5) is 0 Å². The molecule has 0 aliphatic heterocycles. The van der Waals surface area contributed by atoms with Crippen molar-refractivity contribution < 1.29 is 9.84 Å². The van der Waals surface area contributed by atoms with Crippen molar-refractivity contribution in [2.45, 2.75) is 38.3 Å². The van der Waals surface area contributed by atoms with Crippen molar-refractivity contribution >= 4 is 0 Å². The van der Waals surface area contributed by atoms with E-state index in [1.54, 1.807) is 7.11 Å². The zero-order chi connectivity index (χ0) is 13.4. The Balaban J connectivity index is 2.30. The lowest BCUT2D eigenvalue weighted by Crippen LogP contribution is -2.33. The third kappa shape index (κ3) is 5.17. The summed E-state index contributed by atoms with van der Waals surface area (Å²) in [6.07, 6.45) is 0.349. The second kappa shape index (κ2) is 8.25. The molecule has 0 heterocycles. The normalized spacial score (nSPS) is 16.2. The van der Waals surface area contributed by atoms with E-state index in [2.05, 4.69) is 43.4 Å². The number of rotatable bonds is 8. The first-order valence-electron chi connectivity index (χ1n) is 6.60. The Hall–Kier alpha value is -0.900. The van der Waals surface area contributed by atoms with Crippen LogP contribution in [0, 0.1) is 0 Å². The molecule has 3 nitrogen and oxygen atoms in total. The number of methoxy groups -OCH3 is 1. The Morgan fingerprint density at radius 3 is 2.50 bits per heavy atom. The van der Waals surface area contributed by atoms with Crippen LogP contribution >= 0.6 is 0 Å². The van der Waals surface area contributed by atoms with E-state index in [1.807, 2.05) is 6.07 Å². The van der Waals surface area contributed by atoms with Gasteiger partial charge in [0.2, 0.25) is 0 Å². The van der Waals surface area contributed by atoms with Gasteiger partial charge in [-0.25, -0.2) is 0 Å². The number of hydrogen-bond acceptors (Lipinski definition) is 3. The molecule has 1 aromatic carbocycles. The molecule has 0 aliphatic rings. The minimum Gasteiger partial charge on any atom is -0.391 e. The van der Waals surface area contributed by atoms with Crippen LogP contribution in [0.2, 0.25) is 0 Å². The molecule has 1 aromatic rings. The van der Waals surface area contributed by atoms with E-state index >= 15 is 0 Å². The lowest BCUT2D eigenvalue weighted by atomic mass is 9.94. The zero-order valence-corrected chi connectivity index (χ0v) is 11.6. The van der Waals surface area contributed by atoms with Gasteiger partial charge in [-0.05, 0) is 31.4 Å². The van der Waals surface area contributed by atoms with Crippen LogP contribution in [0.5, 0.6) is 0 Å². The van der Waals surface area contributed by atoms with Crippen LogP contribution in [-0.4, -0.2) is 37.5 Å². The molecule has 3 atom stereocenters. The standard InChI is InChI=1S/C15H25NO2/c1-12(14-7-5-4-6-8-14)13(2)16-10-9-15(17)11-18-3/h4-8,12-13,15-17H,9-11H2,1-3H3. The van der Waals surface area contributed by atoms with E-state index in [0.29, 0.717) is 18.6 Å². The molecule has 3 unspecified atom stereocenters. The molecule has 2 N–H and O–H groups in total. The quantitative estimate of drug-likeness (QED) is 0.744. The summed E-state index contributed by atoms with van der Waals surface area (Å²) in [7, 11) is 1.61. The summed E-state index contributed by atoms with van der Waals surface area (Å²) in [5.41, 5.74) is 1.34. The Morgan fingerprint density at radius 2 is 1.89 bits per heavy atom. The smallest absolute Gasteiger partial charge is 0.0785 e. The molecule has 0 bridgehead atoms. The second-order valence-electron chi connectivity index (χ2n) is 4.84. The van der Waals surface area contributed by atoms with Crippen molar-refractivity contribution in [1.29, 1.82) is 0 Å². The Morgan fingerprint density at radius 1 is 1.22 bits per heavy atom. The summed E-state index contributed by atoms with van der Waals surface area (Å²) in [5.74, 6) is 0.464. The van der Waals surface area contributed by atoms with Gasteiger partial charge in [-0.15, -0.1) is 0 Å². The number of benzene rings is 1. The van der Waals surface area contributed by atoms with Crippen LogP contribution in [0.15, 0.2) is 30.3 Å². The minimum atomic E-state index is -0.373. The highest BCUT2D eigenvalue weighted by molar-refractivity contribution is 5.20. The van der Waals surface area contributed by atoms with Crippen molar-refractivity contribution in [2.24, 2.45) is 0 Å². The molecule has 0 spiro atoms. The predicted molar refractivity (Wildman–Crippen MR) is 74.8 cm³/mol. The van der Waals surface area contributed by atoms with Gasteiger partial charge in [-0.2, -0.15) is 0 Å². The Bertz CT molecular complexity index is 316. The van der Waals surface area contributed by atoms with E-state index in [0.717, 1.165) is 13.0 Å². The highest BCUT2D eigenvalue weighted by Crippen LogP contribution is 2.18. The summed E-state index contributed by atoms with van der Waals surface area (Å²) >= 11 is 0. The largest absolute Gasteiger partial charge is 0.391 e. The molecule has 3 heteroatoms. The highest BCUT2D eigenvalue weighted by atomic mass is 16.5. The topological polar surface area (TPSA) is 41.5 Å². The molecule has 0 fully saturated rings. The maximum absolute atomic E-state index is 9.55. The summed E-state index contributed by atoms with van der Waals surface area (Å²) in [6, 6.07) is 10.9. The molecule has 1 rings (SSSR count). The number of aliphatic hydroxyl groups is 1. The maximum Gasteiger partial charge on any atom is 0.0785 e. The molecular formula is C15H25NO2. The van der Waals surface area contributed by atoms with Crippen molar-refractivity contribution in [3.8, 4) is 0 Å². The highest BCUT2D eigenvalue weighted by Gasteiger charge is 2.13. The van der Waals surface area contributed by atoms with Crippen molar-refractivity contribution in [3.05, 3.63) is 35.9 Å². The number of hydrogen-bond donors (Lipinski definition) is 2. The van der Waals surface area contributed by atoms with Gasteiger partial charge in [0.25, 0.3) is 0 Å². The second-order valence-corrected chi connectivity index (χ2v) is 4.84. The number of nitrogens with one attached hydrogen (secondary N) is 1. The van der Waals surface area contributed by atoms with E-state index in [9.17, 15) is 5.11 Å². The summed E-state index contributed by atoms with van der Waals surface area (Å²) < 4.78 is 4.90. The fourth-order valence-electron chi connectivity index (χ4n) is 1.98. The minimum absolute atomic E-state index is 0.373. The molecule has 102 valence electrons. The van der Waals surface area contributed by atoms with E-state index < -0.39 is 0 Å². The third-order valence-corrected chi connectivity index (χ3v) is 3.38. The summed E-state index contributed by atoms with van der Waals surface area (Å²) in [6.45, 7) is 5.62. The van der Waals surface area contributed by atoms with Crippen LogP contribution in [0.25, 0.3) is 0 Å². The van der Waals surface area contributed by atoms with Gasteiger partial charge in [-0.3, -0.25) is 0 Å². The van der Waals surface area contributed by atoms with Gasteiger partial charge in [0, 0.05) is 13.2 Å². The third-order valence-electron chi connectivity index (χ3n) is 3.38. The van der Waals surface area contributed by atoms with Gasteiger partial charge in [-0.1, -0.05) is 37.3 Å². The molecule has 0 amide bonds. The molecule has 0 aromatic heterocycles. The molecule has 18 heavy (non-hydrogen) atoms. The van der Waals surface area contributed by atoms with E-state index in [-0.39, 0.29) is 6.10 Å². The van der Waals surface area contributed by atoms with Crippen molar-refractivity contribution in [2.75, 3.05) is 20.3 Å². The van der Waals surface area contributed by atoms with Gasteiger partial charge in [0.1, 0.15) is 0 Å². The van der Waals surface area contributed by atoms with Crippen LogP contribution in [-0.2, 0) is 4.74 Å². The summed E-state index contributed by atoms with van der Waals surface area (Å²) in [4.78, 5) is 0. The number of aliphatic hydroxyl groups excluding tert-OH is 1. The van der Waals surface area contributed by atoms with Crippen LogP contribution in [0.1, 0.15) is 31.7 Å². The first kappa shape index (κ1) is 15.2. The molecule has 0 radical (unpaired) electrons.